The maximum absolute atomic E-state index is 12.7. The van der Waals surface area contributed by atoms with E-state index in [9.17, 15) is 13.2 Å². The lowest BCUT2D eigenvalue weighted by Crippen LogP contribution is -2.34. The summed E-state index contributed by atoms with van der Waals surface area (Å²) in [5.41, 5.74) is 0.371. The quantitative estimate of drug-likeness (QED) is 0.738. The summed E-state index contributed by atoms with van der Waals surface area (Å²) >= 11 is 8.67. The van der Waals surface area contributed by atoms with Crippen LogP contribution in [0.15, 0.2) is 64.0 Å². The fourth-order valence-corrected chi connectivity index (χ4v) is 3.65. The number of anilines is 1. The second-order valence-corrected chi connectivity index (χ2v) is 7.36. The molecule has 0 N–H and O–H groups in total. The van der Waals surface area contributed by atoms with Crippen LogP contribution in [0.5, 0.6) is 0 Å². The first-order valence-electron chi connectivity index (χ1n) is 5.93. The molecular weight excluding hydrogens is 378 g/mol. The van der Waals surface area contributed by atoms with Crippen molar-refractivity contribution in [1.82, 2.24) is 0 Å². The van der Waals surface area contributed by atoms with Crippen molar-refractivity contribution >= 4 is 48.5 Å². The molecule has 110 valence electrons. The third-order valence-corrected chi connectivity index (χ3v) is 5.15. The molecule has 0 aliphatic heterocycles. The largest absolute Gasteiger partial charge is 0.279 e. The van der Waals surface area contributed by atoms with Crippen molar-refractivity contribution in [2.75, 3.05) is 10.8 Å². The van der Waals surface area contributed by atoms with Gasteiger partial charge in [0.15, 0.2) is 0 Å². The first-order valence-corrected chi connectivity index (χ1v) is 8.54. The number of hydrogen-bond donors (Lipinski definition) is 0. The Bertz CT molecular complexity index is 733. The molecule has 0 aliphatic rings. The molecule has 21 heavy (non-hydrogen) atoms. The molecule has 7 heteroatoms. The first-order chi connectivity index (χ1) is 9.91. The van der Waals surface area contributed by atoms with E-state index in [1.165, 1.54) is 12.1 Å². The van der Waals surface area contributed by atoms with Crippen molar-refractivity contribution in [3.8, 4) is 0 Å². The maximum Gasteiger partial charge on any atom is 0.264 e. The number of carbonyl (C=O) groups is 1. The van der Waals surface area contributed by atoms with Crippen LogP contribution in [0.25, 0.3) is 0 Å². The first kappa shape index (κ1) is 16.0. The summed E-state index contributed by atoms with van der Waals surface area (Å²) < 4.78 is 27.1. The van der Waals surface area contributed by atoms with Crippen molar-refractivity contribution in [3.63, 3.8) is 0 Å². The van der Waals surface area contributed by atoms with Crippen LogP contribution < -0.4 is 4.31 Å². The van der Waals surface area contributed by atoms with E-state index in [4.69, 9.17) is 11.6 Å². The van der Waals surface area contributed by atoms with E-state index >= 15 is 0 Å². The van der Waals surface area contributed by atoms with Crippen LogP contribution in [-0.2, 0) is 14.8 Å². The van der Waals surface area contributed by atoms with Crippen molar-refractivity contribution in [2.24, 2.45) is 0 Å². The Hall–Kier alpha value is -1.37. The summed E-state index contributed by atoms with van der Waals surface area (Å²) in [5.74, 6) is 0. The Morgan fingerprint density at radius 3 is 2.14 bits per heavy atom. The number of nitrogens with zero attached hydrogens (tertiary/aromatic N) is 1. The molecule has 0 saturated carbocycles. The summed E-state index contributed by atoms with van der Waals surface area (Å²) in [6.45, 7) is -0.430. The number of sulfonamides is 1. The molecule has 0 atom stereocenters. The SMILES string of the molecule is O=C(Cl)CN(c1ccc(Br)cc1)S(=O)(=O)c1ccccc1. The van der Waals surface area contributed by atoms with Gasteiger partial charge in [-0.05, 0) is 48.0 Å². The molecule has 0 aliphatic carbocycles. The molecule has 0 radical (unpaired) electrons. The average Bonchev–Trinajstić information content (AvgIpc) is 2.46. The normalized spacial score (nSPS) is 11.1. The third kappa shape index (κ3) is 3.84. The number of carbonyl (C=O) groups excluding carboxylic acids is 1. The van der Waals surface area contributed by atoms with Crippen LogP contribution in [-0.4, -0.2) is 20.2 Å². The van der Waals surface area contributed by atoms with Crippen LogP contribution in [0.4, 0.5) is 5.69 Å². The van der Waals surface area contributed by atoms with Gasteiger partial charge in [0.2, 0.25) is 5.24 Å². The standard InChI is InChI=1S/C14H11BrClNO3S/c15-11-6-8-12(9-7-11)17(10-14(16)18)21(19,20)13-4-2-1-3-5-13/h1-9H,10H2. The van der Waals surface area contributed by atoms with Gasteiger partial charge in [0.25, 0.3) is 10.0 Å². The Morgan fingerprint density at radius 2 is 1.62 bits per heavy atom. The number of rotatable bonds is 5. The molecule has 0 heterocycles. The van der Waals surface area contributed by atoms with Gasteiger partial charge in [-0.15, -0.1) is 0 Å². The highest BCUT2D eigenvalue weighted by atomic mass is 79.9. The molecule has 2 aromatic carbocycles. The van der Waals surface area contributed by atoms with Crippen molar-refractivity contribution in [2.45, 2.75) is 4.90 Å². The molecule has 2 aromatic rings. The monoisotopic (exact) mass is 387 g/mol. The van der Waals surface area contributed by atoms with Crippen LogP contribution in [0, 0.1) is 0 Å². The predicted octanol–water partition coefficient (Wildman–Crippen LogP) is 3.41. The van der Waals surface area contributed by atoms with Crippen LogP contribution in [0.1, 0.15) is 0 Å². The topological polar surface area (TPSA) is 54.5 Å². The van der Waals surface area contributed by atoms with Gasteiger partial charge in [0, 0.05) is 4.47 Å². The van der Waals surface area contributed by atoms with Crippen molar-refractivity contribution in [1.29, 1.82) is 0 Å². The summed E-state index contributed by atoms with van der Waals surface area (Å²) in [5, 5.41) is -0.752. The van der Waals surface area contributed by atoms with Gasteiger partial charge in [0.1, 0.15) is 6.54 Å². The molecular formula is C14H11BrClNO3S. The highest BCUT2D eigenvalue weighted by molar-refractivity contribution is 9.10. The Kier molecular flexibility index (Phi) is 5.03. The van der Waals surface area contributed by atoms with E-state index in [-0.39, 0.29) is 4.90 Å². The number of hydrogen-bond acceptors (Lipinski definition) is 3. The fourth-order valence-electron chi connectivity index (χ4n) is 1.76. The predicted molar refractivity (Wildman–Crippen MR) is 86.0 cm³/mol. The second-order valence-electron chi connectivity index (χ2n) is 4.16. The van der Waals surface area contributed by atoms with Gasteiger partial charge in [-0.2, -0.15) is 0 Å². The van der Waals surface area contributed by atoms with E-state index in [1.807, 2.05) is 0 Å². The lowest BCUT2D eigenvalue weighted by Gasteiger charge is -2.23. The Morgan fingerprint density at radius 1 is 1.05 bits per heavy atom. The lowest BCUT2D eigenvalue weighted by molar-refractivity contribution is -0.110. The Labute approximate surface area is 136 Å². The summed E-state index contributed by atoms with van der Waals surface area (Å²) in [6, 6.07) is 14.5. The molecule has 4 nitrogen and oxygen atoms in total. The minimum Gasteiger partial charge on any atom is -0.279 e. The van der Waals surface area contributed by atoms with E-state index in [0.717, 1.165) is 8.78 Å². The molecule has 0 saturated heterocycles. The van der Waals surface area contributed by atoms with E-state index in [2.05, 4.69) is 15.9 Å². The summed E-state index contributed by atoms with van der Waals surface area (Å²) in [4.78, 5) is 11.3. The Balaban J connectivity index is 2.50. The molecule has 2 rings (SSSR count). The third-order valence-electron chi connectivity index (χ3n) is 2.71. The van der Waals surface area contributed by atoms with E-state index in [1.54, 1.807) is 42.5 Å². The fraction of sp³-hybridized carbons (Fsp3) is 0.0714. The maximum atomic E-state index is 12.7. The zero-order valence-electron chi connectivity index (χ0n) is 10.7. The molecule has 0 spiro atoms. The summed E-state index contributed by atoms with van der Waals surface area (Å²) in [6.07, 6.45) is 0. The second kappa shape index (κ2) is 6.60. The zero-order chi connectivity index (χ0) is 15.5. The van der Waals surface area contributed by atoms with Gasteiger partial charge in [0.05, 0.1) is 10.6 Å². The minimum atomic E-state index is -3.85. The van der Waals surface area contributed by atoms with Crippen molar-refractivity contribution < 1.29 is 13.2 Å². The number of halogens is 2. The summed E-state index contributed by atoms with van der Waals surface area (Å²) in [7, 11) is -3.85. The molecule has 0 aromatic heterocycles. The van der Waals surface area contributed by atoms with Gasteiger partial charge in [-0.3, -0.25) is 9.10 Å². The molecule has 0 bridgehead atoms. The highest BCUT2D eigenvalue weighted by Gasteiger charge is 2.26. The van der Waals surface area contributed by atoms with Gasteiger partial charge in [-0.25, -0.2) is 8.42 Å². The van der Waals surface area contributed by atoms with E-state index in [0.29, 0.717) is 5.69 Å². The van der Waals surface area contributed by atoms with Crippen molar-refractivity contribution in [3.05, 3.63) is 59.1 Å². The van der Waals surface area contributed by atoms with Gasteiger partial charge in [-0.1, -0.05) is 34.1 Å². The zero-order valence-corrected chi connectivity index (χ0v) is 13.9. The lowest BCUT2D eigenvalue weighted by atomic mass is 10.3. The molecule has 0 fully saturated rings. The highest BCUT2D eigenvalue weighted by Crippen LogP contribution is 2.25. The van der Waals surface area contributed by atoms with Gasteiger partial charge < -0.3 is 0 Å². The smallest absolute Gasteiger partial charge is 0.264 e. The van der Waals surface area contributed by atoms with Gasteiger partial charge >= 0.3 is 0 Å². The average molecular weight is 389 g/mol. The van der Waals surface area contributed by atoms with Crippen LogP contribution in [0.3, 0.4) is 0 Å². The van der Waals surface area contributed by atoms with Crippen LogP contribution in [0.2, 0.25) is 0 Å². The number of benzene rings is 2. The van der Waals surface area contributed by atoms with E-state index < -0.39 is 21.8 Å². The minimum absolute atomic E-state index is 0.103. The molecule has 0 unspecified atom stereocenters. The van der Waals surface area contributed by atoms with Crippen LogP contribution >= 0.6 is 27.5 Å². The molecule has 0 amide bonds.